The Morgan fingerprint density at radius 2 is 2.03 bits per heavy atom. The van der Waals surface area contributed by atoms with Crippen LogP contribution in [-0.2, 0) is 4.57 Å². The normalized spacial score (nSPS) is 22.7. The molecule has 0 bridgehead atoms. The maximum atomic E-state index is 13.1. The molecule has 3 unspecified atom stereocenters. The van der Waals surface area contributed by atoms with E-state index in [9.17, 15) is 29.4 Å². The number of phosphoric ester groups is 1. The molecule has 3 aromatic rings. The number of nitrogens with zero attached hydrogens (tertiary/aromatic N) is 1. The van der Waals surface area contributed by atoms with Crippen molar-refractivity contribution in [3.05, 3.63) is 57.2 Å². The predicted molar refractivity (Wildman–Crippen MR) is 118 cm³/mol. The summed E-state index contributed by atoms with van der Waals surface area (Å²) in [6, 6.07) is 8.60. The monoisotopic (exact) mass is 482 g/mol. The number of phosphoric acid groups is 1. The lowest BCUT2D eigenvalue weighted by Gasteiger charge is -2.34. The van der Waals surface area contributed by atoms with E-state index in [1.54, 1.807) is 36.2 Å². The lowest BCUT2D eigenvalue weighted by Crippen LogP contribution is -2.40. The van der Waals surface area contributed by atoms with E-state index in [-0.39, 0.29) is 22.3 Å². The summed E-state index contributed by atoms with van der Waals surface area (Å²) in [5.41, 5.74) is -0.471. The summed E-state index contributed by atoms with van der Waals surface area (Å²) < 4.78 is 30.3. The van der Waals surface area contributed by atoms with E-state index in [4.69, 9.17) is 17.4 Å². The number of piperidine rings is 1. The van der Waals surface area contributed by atoms with Crippen LogP contribution in [0.2, 0.25) is 5.02 Å². The van der Waals surface area contributed by atoms with E-state index >= 15 is 0 Å². The van der Waals surface area contributed by atoms with Crippen LogP contribution in [0.4, 0.5) is 0 Å². The number of rotatable bonds is 4. The minimum atomic E-state index is -5.09. The Balaban J connectivity index is 2.04. The quantitative estimate of drug-likeness (QED) is 0.413. The van der Waals surface area contributed by atoms with Gasteiger partial charge in [-0.1, -0.05) is 23.7 Å². The van der Waals surface area contributed by atoms with Gasteiger partial charge in [0.1, 0.15) is 28.2 Å². The summed E-state index contributed by atoms with van der Waals surface area (Å²) in [6.45, 7) is -0.575. The lowest BCUT2D eigenvalue weighted by molar-refractivity contribution is 0.0630. The highest BCUT2D eigenvalue weighted by Gasteiger charge is 2.34. The van der Waals surface area contributed by atoms with E-state index in [0.29, 0.717) is 23.6 Å². The molecule has 32 heavy (non-hydrogen) atoms. The number of hydrogen-bond donors (Lipinski definition) is 4. The van der Waals surface area contributed by atoms with Gasteiger partial charge in [-0.25, -0.2) is 4.57 Å². The smallest absolute Gasteiger partial charge is 0.507 e. The van der Waals surface area contributed by atoms with Crippen LogP contribution in [0, 0.1) is 0 Å². The zero-order chi connectivity index (χ0) is 24.1. The fourth-order valence-corrected chi connectivity index (χ4v) is 4.56. The van der Waals surface area contributed by atoms with Gasteiger partial charge >= 0.3 is 7.82 Å². The van der Waals surface area contributed by atoms with Crippen LogP contribution >= 0.6 is 19.4 Å². The van der Waals surface area contributed by atoms with Crippen LogP contribution in [0.5, 0.6) is 11.5 Å². The molecule has 1 fully saturated rings. The van der Waals surface area contributed by atoms with Crippen molar-refractivity contribution in [2.75, 3.05) is 20.1 Å². The van der Waals surface area contributed by atoms with Gasteiger partial charge in [0.2, 0.25) is 0 Å². The van der Waals surface area contributed by atoms with Crippen LogP contribution in [0.25, 0.3) is 22.3 Å². The highest BCUT2D eigenvalue weighted by Crippen LogP contribution is 2.47. The lowest BCUT2D eigenvalue weighted by atomic mass is 9.85. The van der Waals surface area contributed by atoms with Gasteiger partial charge in [0, 0.05) is 37.1 Å². The van der Waals surface area contributed by atoms with E-state index in [0.717, 1.165) is 12.1 Å². The fraction of sp³-hybridized carbons (Fsp3) is 0.286. The third-order valence-electron chi connectivity index (χ3n) is 5.32. The summed E-state index contributed by atoms with van der Waals surface area (Å²) >= 11 is 6.25. The molecule has 9 nitrogen and oxygen atoms in total. The summed E-state index contributed by atoms with van der Waals surface area (Å²) in [4.78, 5) is 33.3. The number of phenolic OH excluding ortho intramolecular Hbond substituents is 1. The van der Waals surface area contributed by atoms with E-state index in [2.05, 4.69) is 4.52 Å². The molecule has 1 aromatic heterocycles. The van der Waals surface area contributed by atoms with Gasteiger partial charge in [-0.05, 0) is 32.1 Å². The second-order valence-electron chi connectivity index (χ2n) is 7.56. The number of benzene rings is 2. The minimum absolute atomic E-state index is 0.0481. The van der Waals surface area contributed by atoms with Crippen LogP contribution in [0.3, 0.4) is 0 Å². The molecule has 1 aliphatic heterocycles. The number of likely N-dealkylation sites (N-methyl/N-ethyl adjacent to an activating group) is 1. The first-order valence-corrected chi connectivity index (χ1v) is 11.5. The first kappa shape index (κ1) is 21.5. The Morgan fingerprint density at radius 3 is 2.72 bits per heavy atom. The summed E-state index contributed by atoms with van der Waals surface area (Å²) in [6.07, 6.45) is -0.908. The first-order valence-electron chi connectivity index (χ1n) is 10.2. The molecule has 0 aliphatic carbocycles. The van der Waals surface area contributed by atoms with Gasteiger partial charge in [0.15, 0.2) is 5.43 Å². The molecule has 11 heteroatoms. The van der Waals surface area contributed by atoms with Gasteiger partial charge < -0.3 is 24.1 Å². The number of aromatic hydroxyl groups is 1. The van der Waals surface area contributed by atoms with Crippen molar-refractivity contribution in [2.24, 2.45) is 0 Å². The maximum Gasteiger partial charge on any atom is 0.524 e. The second-order valence-corrected chi connectivity index (χ2v) is 9.13. The molecule has 3 atom stereocenters. The van der Waals surface area contributed by atoms with Crippen molar-refractivity contribution in [3.8, 4) is 22.8 Å². The van der Waals surface area contributed by atoms with Crippen molar-refractivity contribution < 1.29 is 34.9 Å². The molecule has 4 N–H and O–H groups in total. The molecule has 0 radical (unpaired) electrons. The average molecular weight is 483 g/mol. The molecule has 1 aliphatic rings. The summed E-state index contributed by atoms with van der Waals surface area (Å²) in [5.74, 6) is -1.80. The molecule has 0 spiro atoms. The van der Waals surface area contributed by atoms with Gasteiger partial charge in [0.05, 0.1) is 11.1 Å². The van der Waals surface area contributed by atoms with E-state index in [1.807, 2.05) is 0 Å². The Hall–Kier alpha value is -2.39. The zero-order valence-electron chi connectivity index (χ0n) is 17.8. The van der Waals surface area contributed by atoms with Crippen LogP contribution in [0.15, 0.2) is 45.6 Å². The molecule has 170 valence electrons. The molecule has 4 rings (SSSR count). The average Bonchev–Trinajstić information content (AvgIpc) is 2.72. The number of aliphatic hydroxyl groups is 1. The van der Waals surface area contributed by atoms with Crippen LogP contribution < -0.4 is 9.95 Å². The van der Waals surface area contributed by atoms with Gasteiger partial charge in [-0.15, -0.1) is 0 Å². The predicted octanol–water partition coefficient (Wildman–Crippen LogP) is 3.07. The third kappa shape index (κ3) is 4.41. The van der Waals surface area contributed by atoms with Crippen molar-refractivity contribution in [2.45, 2.75) is 18.4 Å². The Kier molecular flexibility index (Phi) is 5.71. The van der Waals surface area contributed by atoms with Crippen LogP contribution in [0.1, 0.15) is 19.3 Å². The molecule has 2 aromatic carbocycles. The van der Waals surface area contributed by atoms with Gasteiger partial charge in [-0.3, -0.25) is 14.6 Å². The number of likely N-dealkylation sites (tertiary alicyclic amines) is 1. The highest BCUT2D eigenvalue weighted by atomic mass is 35.5. The number of phenols is 1. The zero-order valence-corrected chi connectivity index (χ0v) is 18.5. The van der Waals surface area contributed by atoms with Gasteiger partial charge in [0.25, 0.3) is 0 Å². The van der Waals surface area contributed by atoms with Crippen LogP contribution in [-0.4, -0.2) is 51.1 Å². The Labute approximate surface area is 189 Å². The molecule has 2 heterocycles. The van der Waals surface area contributed by atoms with E-state index < -0.39 is 43.3 Å². The molecule has 0 amide bonds. The molecule has 0 saturated carbocycles. The first-order chi connectivity index (χ1) is 15.5. The number of fused-ring (bicyclic) bond motifs is 1. The van der Waals surface area contributed by atoms with Crippen molar-refractivity contribution >= 4 is 30.4 Å². The van der Waals surface area contributed by atoms with Gasteiger partial charge in [-0.2, -0.15) is 0 Å². The SMILES string of the molecule is [2H]C1C(O)C(c2c(O)cc(OP(=O)(O)O)c3c(=O)cc(-c4ccccc4Cl)oc23)CCN1C. The highest BCUT2D eigenvalue weighted by molar-refractivity contribution is 7.46. The maximum absolute atomic E-state index is 13.1. The summed E-state index contributed by atoms with van der Waals surface area (Å²) in [5, 5.41) is 21.6. The van der Waals surface area contributed by atoms with Crippen molar-refractivity contribution in [1.82, 2.24) is 4.90 Å². The fourth-order valence-electron chi connectivity index (χ4n) is 3.93. The van der Waals surface area contributed by atoms with Crippen molar-refractivity contribution in [1.29, 1.82) is 0 Å². The third-order valence-corrected chi connectivity index (χ3v) is 6.09. The topological polar surface area (TPSA) is 141 Å². The molecular formula is C21H21ClNO8P. The van der Waals surface area contributed by atoms with Crippen molar-refractivity contribution in [3.63, 3.8) is 0 Å². The number of halogens is 1. The minimum Gasteiger partial charge on any atom is -0.507 e. The molecule has 1 saturated heterocycles. The standard InChI is InChI=1S/C21H21ClNO8P/c1-23-7-6-12(16(26)10-23)19-14(24)9-18(31-32(27,28)29)20-15(25)8-17(30-21(19)20)11-4-2-3-5-13(11)22/h2-5,8-9,12,16,24,26H,6-7,10H2,1H3,(H2,27,28,29)/i10D. The largest absolute Gasteiger partial charge is 0.524 e. The molecular weight excluding hydrogens is 461 g/mol. The Morgan fingerprint density at radius 1 is 1.31 bits per heavy atom. The second kappa shape index (κ2) is 8.51. The summed E-state index contributed by atoms with van der Waals surface area (Å²) in [7, 11) is -3.40. The number of hydrogen-bond acceptors (Lipinski definition) is 7. The van der Waals surface area contributed by atoms with E-state index in [1.165, 1.54) is 0 Å². The Bertz CT molecular complexity index is 1330. The number of aliphatic hydroxyl groups excluding tert-OH is 1. The number of β-amino-alcohol motifs (C(OH)–C–C–N with tert-alkyl or cyclic N) is 1.